The van der Waals surface area contributed by atoms with Crippen molar-refractivity contribution in [1.82, 2.24) is 0 Å². The summed E-state index contributed by atoms with van der Waals surface area (Å²) in [4.78, 5) is 0. The highest BCUT2D eigenvalue weighted by molar-refractivity contribution is 7.92. The van der Waals surface area contributed by atoms with Gasteiger partial charge >= 0.3 is 0 Å². The number of sulfonamides is 1. The number of ether oxygens (including phenoxy) is 1. The molecular weight excluding hydrogens is 262 g/mol. The molecule has 1 heterocycles. The third-order valence-corrected chi connectivity index (χ3v) is 4.35. The Kier molecular flexibility index (Phi) is 2.95. The molecule has 0 radical (unpaired) electrons. The molecule has 0 aromatic heterocycles. The van der Waals surface area contributed by atoms with Gasteiger partial charge < -0.3 is 4.74 Å². The zero-order valence-electron chi connectivity index (χ0n) is 10.6. The van der Waals surface area contributed by atoms with Crippen LogP contribution in [-0.2, 0) is 14.8 Å². The van der Waals surface area contributed by atoms with Gasteiger partial charge in [-0.15, -0.1) is 0 Å². The number of fused-ring (bicyclic) bond motifs is 1. The first kappa shape index (κ1) is 12.4. The Morgan fingerprint density at radius 2 is 1.89 bits per heavy atom. The van der Waals surface area contributed by atoms with Crippen LogP contribution in [0.15, 0.2) is 42.5 Å². The molecule has 4 nitrogen and oxygen atoms in total. The minimum Gasteiger partial charge on any atom is -0.371 e. The van der Waals surface area contributed by atoms with Crippen LogP contribution in [0.25, 0.3) is 10.8 Å². The van der Waals surface area contributed by atoms with Crippen molar-refractivity contribution < 1.29 is 13.2 Å². The zero-order valence-corrected chi connectivity index (χ0v) is 11.4. The second-order valence-electron chi connectivity index (χ2n) is 4.78. The number of rotatable bonds is 4. The lowest BCUT2D eigenvalue weighted by molar-refractivity contribution is 0.412. The first-order valence-electron chi connectivity index (χ1n) is 6.12. The molecule has 100 valence electrons. The summed E-state index contributed by atoms with van der Waals surface area (Å²) in [5, 5.41) is 2.13. The second kappa shape index (κ2) is 4.51. The number of hydrogen-bond donors (Lipinski definition) is 0. The summed E-state index contributed by atoms with van der Waals surface area (Å²) < 4.78 is 30.4. The first-order chi connectivity index (χ1) is 9.04. The molecule has 1 saturated heterocycles. The van der Waals surface area contributed by atoms with Gasteiger partial charge in [-0.3, -0.25) is 4.31 Å². The molecule has 2 aromatic rings. The van der Waals surface area contributed by atoms with E-state index in [9.17, 15) is 8.42 Å². The van der Waals surface area contributed by atoms with Crippen molar-refractivity contribution in [2.45, 2.75) is 6.10 Å². The van der Waals surface area contributed by atoms with E-state index in [1.54, 1.807) is 0 Å². The normalized spacial score (nSPS) is 18.5. The standard InChI is InChI=1S/C14H15NO3S/c1-19(16,17)15(9-14-10-18-14)13-7-6-11-4-2-3-5-12(11)8-13/h2-8,14H,9-10H2,1H3. The summed E-state index contributed by atoms with van der Waals surface area (Å²) >= 11 is 0. The third kappa shape index (κ3) is 2.72. The molecule has 1 aliphatic rings. The lowest BCUT2D eigenvalue weighted by atomic mass is 10.1. The maximum atomic E-state index is 11.9. The van der Waals surface area contributed by atoms with E-state index in [-0.39, 0.29) is 6.10 Å². The molecule has 0 spiro atoms. The molecule has 0 saturated carbocycles. The highest BCUT2D eigenvalue weighted by Crippen LogP contribution is 2.25. The molecule has 2 aromatic carbocycles. The quantitative estimate of drug-likeness (QED) is 0.803. The fraction of sp³-hybridized carbons (Fsp3) is 0.286. The smallest absolute Gasteiger partial charge is 0.232 e. The van der Waals surface area contributed by atoms with Crippen molar-refractivity contribution in [3.8, 4) is 0 Å². The molecule has 5 heteroatoms. The van der Waals surface area contributed by atoms with E-state index in [2.05, 4.69) is 0 Å². The summed E-state index contributed by atoms with van der Waals surface area (Å²) in [5.41, 5.74) is 0.691. The largest absolute Gasteiger partial charge is 0.371 e. The van der Waals surface area contributed by atoms with Crippen LogP contribution in [0.2, 0.25) is 0 Å². The number of benzene rings is 2. The molecule has 1 atom stereocenters. The van der Waals surface area contributed by atoms with Gasteiger partial charge in [0.15, 0.2) is 0 Å². The summed E-state index contributed by atoms with van der Waals surface area (Å²) in [6.07, 6.45) is 1.26. The maximum Gasteiger partial charge on any atom is 0.232 e. The van der Waals surface area contributed by atoms with E-state index >= 15 is 0 Å². The summed E-state index contributed by atoms with van der Waals surface area (Å²) in [5.74, 6) is 0. The minimum absolute atomic E-state index is 0.0289. The minimum atomic E-state index is -3.29. The molecule has 1 unspecified atom stereocenters. The molecule has 19 heavy (non-hydrogen) atoms. The van der Waals surface area contributed by atoms with Gasteiger partial charge in [0, 0.05) is 0 Å². The van der Waals surface area contributed by atoms with Crippen LogP contribution in [0.3, 0.4) is 0 Å². The fourth-order valence-electron chi connectivity index (χ4n) is 2.12. The van der Waals surface area contributed by atoms with Crippen LogP contribution >= 0.6 is 0 Å². The molecule has 1 aliphatic heterocycles. The topological polar surface area (TPSA) is 49.9 Å². The van der Waals surface area contributed by atoms with Gasteiger partial charge in [-0.1, -0.05) is 30.3 Å². The number of epoxide rings is 1. The highest BCUT2D eigenvalue weighted by atomic mass is 32.2. The number of nitrogens with zero attached hydrogens (tertiary/aromatic N) is 1. The summed E-state index contributed by atoms with van der Waals surface area (Å²) in [6, 6.07) is 13.6. The monoisotopic (exact) mass is 277 g/mol. The summed E-state index contributed by atoms with van der Waals surface area (Å²) in [7, 11) is -3.29. The molecular formula is C14H15NO3S. The van der Waals surface area contributed by atoms with Crippen LogP contribution in [0.4, 0.5) is 5.69 Å². The van der Waals surface area contributed by atoms with Crippen molar-refractivity contribution in [2.75, 3.05) is 23.7 Å². The van der Waals surface area contributed by atoms with Crippen LogP contribution < -0.4 is 4.31 Å². The summed E-state index contributed by atoms with van der Waals surface area (Å²) in [6.45, 7) is 1.02. The molecule has 1 fully saturated rings. The van der Waals surface area contributed by atoms with E-state index < -0.39 is 10.0 Å². The van der Waals surface area contributed by atoms with Gasteiger partial charge in [-0.05, 0) is 22.9 Å². The van der Waals surface area contributed by atoms with Gasteiger partial charge in [0.25, 0.3) is 0 Å². The van der Waals surface area contributed by atoms with Crippen LogP contribution in [-0.4, -0.2) is 33.9 Å². The number of anilines is 1. The van der Waals surface area contributed by atoms with Crippen molar-refractivity contribution in [3.05, 3.63) is 42.5 Å². The van der Waals surface area contributed by atoms with Crippen LogP contribution in [0.5, 0.6) is 0 Å². The molecule has 0 amide bonds. The highest BCUT2D eigenvalue weighted by Gasteiger charge is 2.29. The van der Waals surface area contributed by atoms with Crippen molar-refractivity contribution in [3.63, 3.8) is 0 Å². The van der Waals surface area contributed by atoms with Gasteiger partial charge in [0.1, 0.15) is 0 Å². The zero-order chi connectivity index (χ0) is 13.5. The Balaban J connectivity index is 2.03. The second-order valence-corrected chi connectivity index (χ2v) is 6.69. The Bertz CT molecular complexity index is 707. The van der Waals surface area contributed by atoms with Crippen LogP contribution in [0, 0.1) is 0 Å². The van der Waals surface area contributed by atoms with Crippen molar-refractivity contribution in [2.24, 2.45) is 0 Å². The fourth-order valence-corrected chi connectivity index (χ4v) is 3.06. The van der Waals surface area contributed by atoms with Crippen LogP contribution in [0.1, 0.15) is 0 Å². The Labute approximate surface area is 112 Å². The first-order valence-corrected chi connectivity index (χ1v) is 7.97. The third-order valence-electron chi connectivity index (χ3n) is 3.19. The van der Waals surface area contributed by atoms with Gasteiger partial charge in [-0.2, -0.15) is 0 Å². The van der Waals surface area contributed by atoms with E-state index in [1.807, 2.05) is 42.5 Å². The number of hydrogen-bond acceptors (Lipinski definition) is 3. The average molecular weight is 277 g/mol. The Hall–Kier alpha value is -1.59. The van der Waals surface area contributed by atoms with Gasteiger partial charge in [0.2, 0.25) is 10.0 Å². The van der Waals surface area contributed by atoms with Crippen molar-refractivity contribution in [1.29, 1.82) is 0 Å². The molecule has 0 bridgehead atoms. The van der Waals surface area contributed by atoms with E-state index in [4.69, 9.17) is 4.74 Å². The van der Waals surface area contributed by atoms with E-state index in [1.165, 1.54) is 10.6 Å². The molecule has 3 rings (SSSR count). The van der Waals surface area contributed by atoms with Crippen molar-refractivity contribution >= 4 is 26.5 Å². The van der Waals surface area contributed by atoms with E-state index in [0.29, 0.717) is 18.8 Å². The van der Waals surface area contributed by atoms with Gasteiger partial charge in [0.05, 0.1) is 31.2 Å². The van der Waals surface area contributed by atoms with E-state index in [0.717, 1.165) is 10.8 Å². The predicted molar refractivity (Wildman–Crippen MR) is 75.9 cm³/mol. The molecule has 0 aliphatic carbocycles. The lowest BCUT2D eigenvalue weighted by Crippen LogP contribution is -2.33. The average Bonchev–Trinajstić information content (AvgIpc) is 3.18. The predicted octanol–water partition coefficient (Wildman–Crippen LogP) is 2.00. The molecule has 0 N–H and O–H groups in total. The maximum absolute atomic E-state index is 11.9. The SMILES string of the molecule is CS(=O)(=O)N(CC1CO1)c1ccc2ccccc2c1. The van der Waals surface area contributed by atoms with Gasteiger partial charge in [-0.25, -0.2) is 8.42 Å². The lowest BCUT2D eigenvalue weighted by Gasteiger charge is -2.21. The Morgan fingerprint density at radius 1 is 1.21 bits per heavy atom. The Morgan fingerprint density at radius 3 is 2.53 bits per heavy atom.